The molecule has 1 amide bonds. The molecule has 1 aliphatic rings. The zero-order chi connectivity index (χ0) is 14.0. The van der Waals surface area contributed by atoms with Crippen LogP contribution in [0.3, 0.4) is 0 Å². The quantitative estimate of drug-likeness (QED) is 0.810. The van der Waals surface area contributed by atoms with Crippen molar-refractivity contribution in [3.8, 4) is 0 Å². The zero-order valence-corrected chi connectivity index (χ0v) is 9.85. The van der Waals surface area contributed by atoms with Gasteiger partial charge >= 0.3 is 6.18 Å². The molecule has 0 aliphatic carbocycles. The highest BCUT2D eigenvalue weighted by Gasteiger charge is 2.34. The minimum Gasteiger partial charge on any atom is -0.348 e. The van der Waals surface area contributed by atoms with Crippen LogP contribution in [0, 0.1) is 5.82 Å². The van der Waals surface area contributed by atoms with Crippen LogP contribution in [0.1, 0.15) is 22.3 Å². The summed E-state index contributed by atoms with van der Waals surface area (Å²) in [6.07, 6.45) is -4.09. The predicted molar refractivity (Wildman–Crippen MR) is 60.1 cm³/mol. The highest BCUT2D eigenvalue weighted by atomic mass is 19.4. The van der Waals surface area contributed by atoms with Gasteiger partial charge in [-0.15, -0.1) is 0 Å². The van der Waals surface area contributed by atoms with E-state index in [1.807, 2.05) is 0 Å². The average Bonchev–Trinajstić information content (AvgIpc) is 2.80. The third-order valence-electron chi connectivity index (χ3n) is 2.93. The molecule has 2 rings (SSSR count). The molecule has 0 aromatic heterocycles. The van der Waals surface area contributed by atoms with E-state index in [1.54, 1.807) is 0 Å². The molecule has 1 aromatic rings. The summed E-state index contributed by atoms with van der Waals surface area (Å²) in [5, 5.41) is 5.62. The van der Waals surface area contributed by atoms with E-state index in [0.717, 1.165) is 19.0 Å². The van der Waals surface area contributed by atoms with Crippen LogP contribution in [0.25, 0.3) is 0 Å². The smallest absolute Gasteiger partial charge is 0.348 e. The first-order chi connectivity index (χ1) is 8.88. The molecule has 1 aromatic carbocycles. The van der Waals surface area contributed by atoms with Crippen molar-refractivity contribution in [2.45, 2.75) is 18.6 Å². The molecular weight excluding hydrogens is 264 g/mol. The van der Waals surface area contributed by atoms with Gasteiger partial charge in [-0.3, -0.25) is 4.79 Å². The monoisotopic (exact) mass is 276 g/mol. The lowest BCUT2D eigenvalue weighted by Crippen LogP contribution is -2.36. The number of benzene rings is 1. The van der Waals surface area contributed by atoms with E-state index < -0.39 is 23.5 Å². The van der Waals surface area contributed by atoms with Crippen LogP contribution in [0.4, 0.5) is 17.6 Å². The third kappa shape index (κ3) is 3.23. The molecule has 0 spiro atoms. The van der Waals surface area contributed by atoms with Crippen molar-refractivity contribution in [2.75, 3.05) is 13.1 Å². The van der Waals surface area contributed by atoms with Crippen LogP contribution in [0.5, 0.6) is 0 Å². The summed E-state index contributed by atoms with van der Waals surface area (Å²) in [6.45, 7) is 1.33. The number of halogens is 4. The van der Waals surface area contributed by atoms with E-state index in [-0.39, 0.29) is 11.6 Å². The predicted octanol–water partition coefficient (Wildman–Crippen LogP) is 1.94. The van der Waals surface area contributed by atoms with Gasteiger partial charge in [0.1, 0.15) is 5.82 Å². The van der Waals surface area contributed by atoms with Crippen molar-refractivity contribution in [3.05, 3.63) is 35.1 Å². The maximum Gasteiger partial charge on any atom is 0.419 e. The largest absolute Gasteiger partial charge is 0.419 e. The van der Waals surface area contributed by atoms with Crippen molar-refractivity contribution in [2.24, 2.45) is 0 Å². The molecule has 1 saturated heterocycles. The fourth-order valence-electron chi connectivity index (χ4n) is 1.93. The van der Waals surface area contributed by atoms with Gasteiger partial charge in [-0.05, 0) is 31.2 Å². The minimum atomic E-state index is -4.81. The molecule has 104 valence electrons. The van der Waals surface area contributed by atoms with Crippen molar-refractivity contribution >= 4 is 5.91 Å². The van der Waals surface area contributed by atoms with Crippen molar-refractivity contribution in [1.29, 1.82) is 0 Å². The summed E-state index contributed by atoms with van der Waals surface area (Å²) in [5.41, 5.74) is -1.62. The van der Waals surface area contributed by atoms with E-state index in [0.29, 0.717) is 18.7 Å². The Bertz CT molecular complexity index is 481. The van der Waals surface area contributed by atoms with Gasteiger partial charge in [0.05, 0.1) is 5.56 Å². The van der Waals surface area contributed by atoms with Crippen LogP contribution in [0.15, 0.2) is 18.2 Å². The SMILES string of the molecule is O=C(NC1CCNC1)c1ccc(F)c(C(F)(F)F)c1. The molecule has 7 heteroatoms. The van der Waals surface area contributed by atoms with Crippen molar-refractivity contribution in [1.82, 2.24) is 10.6 Å². The summed E-state index contributed by atoms with van der Waals surface area (Å²) in [6, 6.07) is 2.13. The molecule has 2 N–H and O–H groups in total. The second kappa shape index (κ2) is 5.16. The van der Waals surface area contributed by atoms with Gasteiger partial charge in [-0.2, -0.15) is 13.2 Å². The first-order valence-electron chi connectivity index (χ1n) is 5.76. The Morgan fingerprint density at radius 1 is 1.37 bits per heavy atom. The number of hydrogen-bond acceptors (Lipinski definition) is 2. The molecule has 0 bridgehead atoms. The van der Waals surface area contributed by atoms with Crippen LogP contribution < -0.4 is 10.6 Å². The van der Waals surface area contributed by atoms with E-state index in [9.17, 15) is 22.4 Å². The molecule has 1 aliphatic heterocycles. The lowest BCUT2D eigenvalue weighted by Gasteiger charge is -2.13. The topological polar surface area (TPSA) is 41.1 Å². The highest BCUT2D eigenvalue weighted by Crippen LogP contribution is 2.31. The first kappa shape index (κ1) is 13.8. The van der Waals surface area contributed by atoms with E-state index in [4.69, 9.17) is 0 Å². The molecule has 19 heavy (non-hydrogen) atoms. The first-order valence-corrected chi connectivity index (χ1v) is 5.76. The minimum absolute atomic E-state index is 0.105. The molecule has 3 nitrogen and oxygen atoms in total. The van der Waals surface area contributed by atoms with Crippen LogP contribution in [-0.4, -0.2) is 25.0 Å². The van der Waals surface area contributed by atoms with Crippen molar-refractivity contribution in [3.63, 3.8) is 0 Å². The fraction of sp³-hybridized carbons (Fsp3) is 0.417. The summed E-state index contributed by atoms with van der Waals surface area (Å²) in [7, 11) is 0. The van der Waals surface area contributed by atoms with Gasteiger partial charge in [-0.1, -0.05) is 0 Å². The Kier molecular flexibility index (Phi) is 3.75. The van der Waals surface area contributed by atoms with Gasteiger partial charge in [0.2, 0.25) is 0 Å². The Labute approximate surface area is 107 Å². The van der Waals surface area contributed by atoms with E-state index in [2.05, 4.69) is 10.6 Å². The number of rotatable bonds is 2. The Hall–Kier alpha value is -1.63. The lowest BCUT2D eigenvalue weighted by molar-refractivity contribution is -0.140. The Morgan fingerprint density at radius 2 is 2.11 bits per heavy atom. The van der Waals surface area contributed by atoms with Gasteiger partial charge in [-0.25, -0.2) is 4.39 Å². The van der Waals surface area contributed by atoms with Crippen molar-refractivity contribution < 1.29 is 22.4 Å². The van der Waals surface area contributed by atoms with Gasteiger partial charge < -0.3 is 10.6 Å². The average molecular weight is 276 g/mol. The molecule has 1 fully saturated rings. The molecule has 0 radical (unpaired) electrons. The summed E-state index contributed by atoms with van der Waals surface area (Å²) in [4.78, 5) is 11.8. The second-order valence-electron chi connectivity index (χ2n) is 4.36. The number of alkyl halides is 3. The maximum atomic E-state index is 13.1. The normalized spacial score (nSPS) is 19.5. The molecular formula is C12H12F4N2O. The van der Waals surface area contributed by atoms with E-state index >= 15 is 0 Å². The molecule has 1 heterocycles. The number of carbonyl (C=O) groups excluding carboxylic acids is 1. The Balaban J connectivity index is 2.18. The number of amides is 1. The molecule has 1 unspecified atom stereocenters. The van der Waals surface area contributed by atoms with Gasteiger partial charge in [0, 0.05) is 18.2 Å². The van der Waals surface area contributed by atoms with Crippen LogP contribution in [0.2, 0.25) is 0 Å². The summed E-state index contributed by atoms with van der Waals surface area (Å²) >= 11 is 0. The number of nitrogens with one attached hydrogen (secondary N) is 2. The zero-order valence-electron chi connectivity index (χ0n) is 9.85. The second-order valence-corrected chi connectivity index (χ2v) is 4.36. The van der Waals surface area contributed by atoms with Crippen LogP contribution >= 0.6 is 0 Å². The third-order valence-corrected chi connectivity index (χ3v) is 2.93. The summed E-state index contributed by atoms with van der Waals surface area (Å²) in [5.74, 6) is -2.01. The van der Waals surface area contributed by atoms with E-state index in [1.165, 1.54) is 0 Å². The Morgan fingerprint density at radius 3 is 2.68 bits per heavy atom. The molecule has 1 atom stereocenters. The highest BCUT2D eigenvalue weighted by molar-refractivity contribution is 5.94. The number of hydrogen-bond donors (Lipinski definition) is 2. The maximum absolute atomic E-state index is 13.1. The lowest BCUT2D eigenvalue weighted by atomic mass is 10.1. The van der Waals surface area contributed by atoms with Gasteiger partial charge in [0.15, 0.2) is 0 Å². The number of carbonyl (C=O) groups is 1. The fourth-order valence-corrected chi connectivity index (χ4v) is 1.93. The molecule has 0 saturated carbocycles. The summed E-state index contributed by atoms with van der Waals surface area (Å²) < 4.78 is 50.6. The van der Waals surface area contributed by atoms with Crippen LogP contribution in [-0.2, 0) is 6.18 Å². The standard InChI is InChI=1S/C12H12F4N2O/c13-10-2-1-7(5-9(10)12(14,15)16)11(19)18-8-3-4-17-6-8/h1-2,5,8,17H,3-4,6H2,(H,18,19). The van der Waals surface area contributed by atoms with Gasteiger partial charge in [0.25, 0.3) is 5.91 Å².